The fraction of sp³-hybridized carbons (Fsp3) is 0.909. The van der Waals surface area contributed by atoms with Crippen LogP contribution in [0.2, 0.25) is 0 Å². The third kappa shape index (κ3) is 59.8. The number of aliphatic hydroxyl groups excluding tert-OH is 4. The zero-order valence-electron chi connectivity index (χ0n) is 72.2. The summed E-state index contributed by atoms with van der Waals surface area (Å²) in [6.07, 6.45) is 37.4. The summed E-state index contributed by atoms with van der Waals surface area (Å²) in [5.74, 6) is -3.76. The summed E-state index contributed by atoms with van der Waals surface area (Å²) in [5.41, 5.74) is 0. The van der Waals surface area contributed by atoms with E-state index in [4.69, 9.17) is 18.9 Å². The topological polar surface area (TPSA) is 312 Å². The van der Waals surface area contributed by atoms with Crippen LogP contribution in [0.1, 0.15) is 364 Å². The van der Waals surface area contributed by atoms with Gasteiger partial charge in [0, 0.05) is 45.8 Å². The molecule has 652 valence electrons. The van der Waals surface area contributed by atoms with Crippen molar-refractivity contribution in [2.24, 2.45) is 23.7 Å². The molecule has 4 amide bonds. The lowest BCUT2D eigenvalue weighted by atomic mass is 9.94. The highest BCUT2D eigenvalue weighted by Crippen LogP contribution is 2.25. The first-order valence-corrected chi connectivity index (χ1v) is 45.4. The number of hydrogen-bond acceptors (Lipinski definition) is 19. The average Bonchev–Trinajstić information content (AvgIpc) is 0.921. The maximum absolute atomic E-state index is 13.6. The minimum Gasteiger partial charge on any atom is -0.465 e. The van der Waals surface area contributed by atoms with Crippen LogP contribution in [0.5, 0.6) is 0 Å². The molecule has 0 aromatic carbocycles. The Labute approximate surface area is 675 Å². The Bertz CT molecular complexity index is 2180. The molecular formula is C88H169N7O16. The number of nitrogens with zero attached hydrogens (tertiary/aromatic N) is 3. The third-order valence-corrected chi connectivity index (χ3v) is 21.4. The molecule has 6 unspecified atom stereocenters. The lowest BCUT2D eigenvalue weighted by Gasteiger charge is -2.28. The molecule has 0 bridgehead atoms. The highest BCUT2D eigenvalue weighted by molar-refractivity contribution is 5.82. The van der Waals surface area contributed by atoms with E-state index in [1.807, 2.05) is 7.05 Å². The van der Waals surface area contributed by atoms with E-state index in [2.05, 4.69) is 81.6 Å². The van der Waals surface area contributed by atoms with E-state index in [9.17, 15) is 58.8 Å². The molecule has 0 aliphatic heterocycles. The second kappa shape index (κ2) is 75.5. The number of carbonyl (C=O) groups is 8. The second-order valence-corrected chi connectivity index (χ2v) is 31.7. The predicted octanol–water partition coefficient (Wildman–Crippen LogP) is 14.9. The number of nitrogens with one attached hydrogen (secondary N) is 4. The Kier molecular flexibility index (Phi) is 72.4. The Balaban J connectivity index is 6.12. The largest absolute Gasteiger partial charge is 0.465 e. The van der Waals surface area contributed by atoms with Gasteiger partial charge >= 0.3 is 23.9 Å². The van der Waals surface area contributed by atoms with Crippen LogP contribution in [0.4, 0.5) is 0 Å². The van der Waals surface area contributed by atoms with Crippen LogP contribution in [0.15, 0.2) is 0 Å². The Hall–Kier alpha value is -4.52. The number of carbonyl (C=O) groups excluding carboxylic acids is 8. The zero-order chi connectivity index (χ0) is 82.2. The number of unbranched alkanes of at least 4 members (excludes halogenated alkanes) is 26. The maximum atomic E-state index is 13.6. The fourth-order valence-corrected chi connectivity index (χ4v) is 14.0. The number of ether oxygens (including phenoxy) is 4. The molecule has 0 radical (unpaired) electrons. The minimum atomic E-state index is -1.60. The zero-order valence-corrected chi connectivity index (χ0v) is 72.2. The van der Waals surface area contributed by atoms with E-state index in [1.165, 1.54) is 4.90 Å². The molecule has 0 aliphatic rings. The molecule has 0 saturated heterocycles. The van der Waals surface area contributed by atoms with Crippen LogP contribution in [0.25, 0.3) is 0 Å². The van der Waals surface area contributed by atoms with Crippen molar-refractivity contribution in [1.82, 2.24) is 36.0 Å². The van der Waals surface area contributed by atoms with E-state index in [1.54, 1.807) is 4.90 Å². The Morgan fingerprint density at radius 1 is 0.270 bits per heavy atom. The van der Waals surface area contributed by atoms with Gasteiger partial charge in [0.15, 0.2) is 6.23 Å². The Morgan fingerprint density at radius 3 is 0.892 bits per heavy atom. The molecule has 0 fully saturated rings. The molecule has 111 heavy (non-hydrogen) atoms. The number of rotatable bonds is 81. The van der Waals surface area contributed by atoms with Crippen molar-refractivity contribution >= 4 is 47.5 Å². The molecule has 0 aliphatic carbocycles. The van der Waals surface area contributed by atoms with E-state index >= 15 is 0 Å². The maximum Gasteiger partial charge on any atom is 0.308 e. The highest BCUT2D eigenvalue weighted by Gasteiger charge is 2.29. The van der Waals surface area contributed by atoms with Gasteiger partial charge < -0.3 is 65.5 Å². The van der Waals surface area contributed by atoms with Gasteiger partial charge in [-0.15, -0.1) is 0 Å². The van der Waals surface area contributed by atoms with Gasteiger partial charge in [-0.2, -0.15) is 0 Å². The summed E-state index contributed by atoms with van der Waals surface area (Å²) < 4.78 is 22.8. The van der Waals surface area contributed by atoms with E-state index in [0.29, 0.717) is 77.4 Å². The Morgan fingerprint density at radius 2 is 0.550 bits per heavy atom. The molecule has 0 aromatic rings. The van der Waals surface area contributed by atoms with Crippen LogP contribution in [-0.4, -0.2) is 213 Å². The van der Waals surface area contributed by atoms with Crippen molar-refractivity contribution in [3.05, 3.63) is 0 Å². The van der Waals surface area contributed by atoms with Crippen molar-refractivity contribution in [3.8, 4) is 0 Å². The highest BCUT2D eigenvalue weighted by atomic mass is 16.5. The first-order chi connectivity index (χ1) is 53.8. The molecule has 6 atom stereocenters. The quantitative estimate of drug-likeness (QED) is 0.0121. The van der Waals surface area contributed by atoms with E-state index in [0.717, 1.165) is 244 Å². The SMILES string of the molecule is CCCCCCC(CCCCC)C(=O)OCCCCNC(=O)C(O)CN(CCCN(C)CCCCN(CCC(O)C(=O)NCCOC(=O)C(CCCCCC)CCCCCC)C(O)C(=O)NCCCCOC(=O)C(CCCCCC)CCCCCC)CC(O)C(=O)NCCCCOC(=O)C(CCCCC)CCCCCC. The summed E-state index contributed by atoms with van der Waals surface area (Å²) >= 11 is 0. The number of amides is 4. The van der Waals surface area contributed by atoms with Gasteiger partial charge in [0.1, 0.15) is 24.9 Å². The molecular weight excluding hydrogens is 1410 g/mol. The standard InChI is InChI=1S/C88H169N7O16/c1-10-18-26-34-51-73(49-32-24-16-7)85(104)108-67-45-40-58-89-81(100)78(97)71-94(72-79(98)82(101)90-59-41-46-68-109-86(105)74(50-33-25-17-8)52-35-27-19-11-2)64-48-63-93(9)62-43-44-65-95(66-57-77(96)80(99)92-61-70-111-88(107)76(55-38-30-22-14-5)56-39-31-23-15-6)84(103)83(102)91-60-42-47-69-110-87(106)75(53-36-28-20-12-3)54-37-29-21-13-4/h73-79,84,96-98,103H,10-72H2,1-9H3,(H,89,100)(H,90,101)(H,91,102)(H,92,99). The molecule has 8 N–H and O–H groups in total. The van der Waals surface area contributed by atoms with Crippen LogP contribution in [0.3, 0.4) is 0 Å². The van der Waals surface area contributed by atoms with Crippen LogP contribution in [-0.2, 0) is 57.3 Å². The summed E-state index contributed by atoms with van der Waals surface area (Å²) in [6, 6.07) is 0. The smallest absolute Gasteiger partial charge is 0.308 e. The van der Waals surface area contributed by atoms with Gasteiger partial charge in [-0.3, -0.25) is 48.2 Å². The fourth-order valence-electron chi connectivity index (χ4n) is 14.0. The van der Waals surface area contributed by atoms with Gasteiger partial charge in [-0.1, -0.05) is 248 Å². The van der Waals surface area contributed by atoms with Gasteiger partial charge in [-0.25, -0.2) is 0 Å². The monoisotopic (exact) mass is 1580 g/mol. The van der Waals surface area contributed by atoms with Crippen LogP contribution >= 0.6 is 0 Å². The predicted molar refractivity (Wildman–Crippen MR) is 446 cm³/mol. The molecule has 0 heterocycles. The molecule has 23 heteroatoms. The lowest BCUT2D eigenvalue weighted by Crippen LogP contribution is -2.49. The summed E-state index contributed by atoms with van der Waals surface area (Å²) in [5, 5.41) is 56.4. The number of hydrogen-bond donors (Lipinski definition) is 8. The van der Waals surface area contributed by atoms with Crippen molar-refractivity contribution in [2.75, 3.05) is 105 Å². The first kappa shape index (κ1) is 106. The third-order valence-electron chi connectivity index (χ3n) is 21.4. The minimum absolute atomic E-state index is 0.00436. The van der Waals surface area contributed by atoms with Crippen molar-refractivity contribution < 1.29 is 77.7 Å². The average molecular weight is 1580 g/mol. The summed E-state index contributed by atoms with van der Waals surface area (Å²) in [4.78, 5) is 112. The van der Waals surface area contributed by atoms with E-state index < -0.39 is 48.2 Å². The summed E-state index contributed by atoms with van der Waals surface area (Å²) in [6.45, 7) is 20.1. The van der Waals surface area contributed by atoms with E-state index in [-0.39, 0.29) is 133 Å². The molecule has 0 spiro atoms. The number of esters is 4. The normalized spacial score (nSPS) is 13.3. The lowest BCUT2D eigenvalue weighted by molar-refractivity contribution is -0.150. The van der Waals surface area contributed by atoms with Crippen LogP contribution in [0, 0.1) is 23.7 Å². The van der Waals surface area contributed by atoms with Gasteiger partial charge in [0.05, 0.1) is 50.0 Å². The van der Waals surface area contributed by atoms with Gasteiger partial charge in [0.2, 0.25) is 17.7 Å². The molecule has 0 aromatic heterocycles. The van der Waals surface area contributed by atoms with Gasteiger partial charge in [0.25, 0.3) is 5.91 Å². The molecule has 23 nitrogen and oxygen atoms in total. The summed E-state index contributed by atoms with van der Waals surface area (Å²) in [7, 11) is 1.94. The van der Waals surface area contributed by atoms with Crippen molar-refractivity contribution in [3.63, 3.8) is 0 Å². The van der Waals surface area contributed by atoms with Crippen LogP contribution < -0.4 is 21.3 Å². The van der Waals surface area contributed by atoms with Gasteiger partial charge in [-0.05, 0) is 142 Å². The number of aliphatic hydroxyl groups is 4. The first-order valence-electron chi connectivity index (χ1n) is 45.4. The molecule has 0 rings (SSSR count). The second-order valence-electron chi connectivity index (χ2n) is 31.7. The molecule has 0 saturated carbocycles. The van der Waals surface area contributed by atoms with Crippen molar-refractivity contribution in [1.29, 1.82) is 0 Å². The van der Waals surface area contributed by atoms with Crippen molar-refractivity contribution in [2.45, 2.75) is 388 Å².